The van der Waals surface area contributed by atoms with Gasteiger partial charge in [-0.2, -0.15) is 5.10 Å². The van der Waals surface area contributed by atoms with Crippen LogP contribution in [0, 0.1) is 0 Å². The number of nitrogens with one attached hydrogen (secondary N) is 1. The van der Waals surface area contributed by atoms with Gasteiger partial charge >= 0.3 is 0 Å². The molecule has 0 aliphatic rings. The molecule has 0 spiro atoms. The highest BCUT2D eigenvalue weighted by Crippen LogP contribution is 2.28. The summed E-state index contributed by atoms with van der Waals surface area (Å²) in [5.41, 5.74) is 5.17. The number of hydrogen-bond acceptors (Lipinski definition) is 7. The van der Waals surface area contributed by atoms with E-state index in [-0.39, 0.29) is 11.7 Å². The smallest absolute Gasteiger partial charge is 0.250 e. The molecule has 0 fully saturated rings. The Morgan fingerprint density at radius 2 is 1.83 bits per heavy atom. The van der Waals surface area contributed by atoms with Crippen molar-refractivity contribution in [2.45, 2.75) is 12.1 Å². The Morgan fingerprint density at radius 3 is 2.57 bits per heavy atom. The molecular formula is C26H25N5O3S. The first kappa shape index (κ1) is 24.0. The second-order valence-electron chi connectivity index (χ2n) is 7.29. The van der Waals surface area contributed by atoms with Gasteiger partial charge in [-0.3, -0.25) is 9.36 Å². The van der Waals surface area contributed by atoms with Crippen LogP contribution in [0.1, 0.15) is 12.5 Å². The Bertz CT molecular complexity index is 1290. The van der Waals surface area contributed by atoms with Crippen LogP contribution in [0.15, 0.2) is 89.1 Å². The number of nitrogens with zero attached hydrogens (tertiary/aromatic N) is 4. The van der Waals surface area contributed by atoms with Crippen LogP contribution in [0.25, 0.3) is 17.1 Å². The molecule has 4 aromatic rings. The molecule has 1 N–H and O–H groups in total. The second-order valence-corrected chi connectivity index (χ2v) is 8.24. The summed E-state index contributed by atoms with van der Waals surface area (Å²) in [6.45, 7) is 2.54. The molecule has 8 nitrogen and oxygen atoms in total. The molecule has 0 saturated carbocycles. The van der Waals surface area contributed by atoms with Gasteiger partial charge in [0.1, 0.15) is 11.5 Å². The van der Waals surface area contributed by atoms with Crippen LogP contribution in [0.2, 0.25) is 0 Å². The van der Waals surface area contributed by atoms with Gasteiger partial charge in [-0.1, -0.05) is 54.2 Å². The summed E-state index contributed by atoms with van der Waals surface area (Å²) >= 11 is 1.28. The van der Waals surface area contributed by atoms with Crippen molar-refractivity contribution >= 4 is 23.9 Å². The number of aromatic nitrogens is 3. The minimum Gasteiger partial charge on any atom is -0.497 e. The lowest BCUT2D eigenvalue weighted by atomic mass is 10.2. The van der Waals surface area contributed by atoms with E-state index in [0.29, 0.717) is 17.6 Å². The van der Waals surface area contributed by atoms with Crippen molar-refractivity contribution in [1.82, 2.24) is 20.2 Å². The molecule has 3 aromatic carbocycles. The van der Waals surface area contributed by atoms with Crippen LogP contribution < -0.4 is 14.9 Å². The highest BCUT2D eigenvalue weighted by atomic mass is 32.2. The maximum atomic E-state index is 12.4. The zero-order valence-corrected chi connectivity index (χ0v) is 20.2. The van der Waals surface area contributed by atoms with E-state index in [1.165, 1.54) is 11.8 Å². The number of hydrazone groups is 1. The summed E-state index contributed by atoms with van der Waals surface area (Å²) in [5.74, 6) is 2.07. The number of carbonyl (C=O) groups excluding carboxylic acids is 1. The van der Waals surface area contributed by atoms with Crippen molar-refractivity contribution in [2.75, 3.05) is 19.5 Å². The first-order chi connectivity index (χ1) is 17.2. The molecule has 35 heavy (non-hydrogen) atoms. The number of hydrogen-bond donors (Lipinski definition) is 1. The fraction of sp³-hybridized carbons (Fsp3) is 0.154. The fourth-order valence-electron chi connectivity index (χ4n) is 3.29. The standard InChI is InChI=1S/C26H25N5O3S/c1-3-34-22-14-12-21(13-15-22)31-25(20-9-5-4-6-10-20)29-30-26(31)35-18-24(32)28-27-17-19-8-7-11-23(16-19)33-2/h4-17H,3,18H2,1-2H3,(H,28,32)/b27-17-. The normalized spacial score (nSPS) is 10.9. The second kappa shape index (κ2) is 11.8. The molecule has 1 amide bonds. The maximum absolute atomic E-state index is 12.4. The van der Waals surface area contributed by atoms with Crippen molar-refractivity contribution in [2.24, 2.45) is 5.10 Å². The number of carbonyl (C=O) groups is 1. The van der Waals surface area contributed by atoms with Crippen LogP contribution in [0.4, 0.5) is 0 Å². The monoisotopic (exact) mass is 487 g/mol. The molecular weight excluding hydrogens is 462 g/mol. The van der Waals surface area contributed by atoms with Crippen LogP contribution >= 0.6 is 11.8 Å². The van der Waals surface area contributed by atoms with Crippen LogP contribution in [0.3, 0.4) is 0 Å². The molecule has 4 rings (SSSR count). The SMILES string of the molecule is CCOc1ccc(-n2c(SCC(=O)N/N=C\c3cccc(OC)c3)nnc2-c2ccccc2)cc1. The molecule has 0 aliphatic carbocycles. The number of thioether (sulfide) groups is 1. The van der Waals surface area contributed by atoms with Crippen LogP contribution in [-0.4, -0.2) is 46.4 Å². The van der Waals surface area contributed by atoms with Crippen molar-refractivity contribution < 1.29 is 14.3 Å². The average molecular weight is 488 g/mol. The van der Waals surface area contributed by atoms with Gasteiger partial charge < -0.3 is 9.47 Å². The average Bonchev–Trinajstić information content (AvgIpc) is 3.33. The summed E-state index contributed by atoms with van der Waals surface area (Å²) in [7, 11) is 1.60. The molecule has 178 valence electrons. The third-order valence-electron chi connectivity index (χ3n) is 4.90. The largest absolute Gasteiger partial charge is 0.497 e. The number of rotatable bonds is 10. The van der Waals surface area contributed by atoms with Gasteiger partial charge in [-0.15, -0.1) is 10.2 Å². The molecule has 9 heteroatoms. The Labute approximate surface area is 208 Å². The number of amides is 1. The molecule has 1 aromatic heterocycles. The zero-order chi connectivity index (χ0) is 24.5. The van der Waals surface area contributed by atoms with Crippen LogP contribution in [-0.2, 0) is 4.79 Å². The highest BCUT2D eigenvalue weighted by Gasteiger charge is 2.17. The number of ether oxygens (including phenoxy) is 2. The lowest BCUT2D eigenvalue weighted by Gasteiger charge is -2.11. The first-order valence-electron chi connectivity index (χ1n) is 11.0. The fourth-order valence-corrected chi connectivity index (χ4v) is 4.04. The lowest BCUT2D eigenvalue weighted by Crippen LogP contribution is -2.20. The predicted octanol–water partition coefficient (Wildman–Crippen LogP) is 4.58. The molecule has 0 unspecified atom stereocenters. The summed E-state index contributed by atoms with van der Waals surface area (Å²) in [6.07, 6.45) is 1.57. The molecule has 0 bridgehead atoms. The van der Waals surface area contributed by atoms with Gasteiger partial charge in [0.15, 0.2) is 11.0 Å². The molecule has 0 aliphatic heterocycles. The minimum absolute atomic E-state index is 0.124. The third-order valence-corrected chi connectivity index (χ3v) is 5.83. The van der Waals surface area contributed by atoms with E-state index in [4.69, 9.17) is 9.47 Å². The Hall–Kier alpha value is -4.11. The molecule has 1 heterocycles. The molecule has 0 radical (unpaired) electrons. The van der Waals surface area contributed by atoms with Crippen molar-refractivity contribution in [3.05, 3.63) is 84.4 Å². The van der Waals surface area contributed by atoms with Gasteiger partial charge in [-0.05, 0) is 48.9 Å². The van der Waals surface area contributed by atoms with Gasteiger partial charge in [0.05, 0.1) is 25.7 Å². The summed E-state index contributed by atoms with van der Waals surface area (Å²) in [4.78, 5) is 12.4. The first-order valence-corrected chi connectivity index (χ1v) is 12.0. The van der Waals surface area contributed by atoms with Gasteiger partial charge in [0, 0.05) is 11.3 Å². The third kappa shape index (κ3) is 6.27. The quantitative estimate of drug-likeness (QED) is 0.200. The minimum atomic E-state index is -0.253. The van der Waals surface area contributed by atoms with Crippen molar-refractivity contribution in [3.8, 4) is 28.6 Å². The van der Waals surface area contributed by atoms with E-state index < -0.39 is 0 Å². The van der Waals surface area contributed by atoms with E-state index in [9.17, 15) is 4.79 Å². The van der Waals surface area contributed by atoms with Crippen LogP contribution in [0.5, 0.6) is 11.5 Å². The summed E-state index contributed by atoms with van der Waals surface area (Å²) < 4.78 is 12.7. The van der Waals surface area contributed by atoms with Gasteiger partial charge in [0.25, 0.3) is 5.91 Å². The topological polar surface area (TPSA) is 90.6 Å². The van der Waals surface area contributed by atoms with Gasteiger partial charge in [0.2, 0.25) is 0 Å². The van der Waals surface area contributed by atoms with E-state index in [0.717, 1.165) is 28.3 Å². The van der Waals surface area contributed by atoms with Crippen molar-refractivity contribution in [3.63, 3.8) is 0 Å². The van der Waals surface area contributed by atoms with Crippen molar-refractivity contribution in [1.29, 1.82) is 0 Å². The Kier molecular flexibility index (Phi) is 8.13. The number of methoxy groups -OCH3 is 1. The van der Waals surface area contributed by atoms with Gasteiger partial charge in [-0.25, -0.2) is 5.43 Å². The van der Waals surface area contributed by atoms with E-state index in [2.05, 4.69) is 20.7 Å². The zero-order valence-electron chi connectivity index (χ0n) is 19.4. The van der Waals surface area contributed by atoms with E-state index >= 15 is 0 Å². The maximum Gasteiger partial charge on any atom is 0.250 e. The molecule has 0 atom stereocenters. The summed E-state index contributed by atoms with van der Waals surface area (Å²) in [6, 6.07) is 24.9. The Morgan fingerprint density at radius 1 is 1.03 bits per heavy atom. The highest BCUT2D eigenvalue weighted by molar-refractivity contribution is 7.99. The molecule has 0 saturated heterocycles. The lowest BCUT2D eigenvalue weighted by molar-refractivity contribution is -0.118. The number of benzene rings is 3. The predicted molar refractivity (Wildman–Crippen MR) is 137 cm³/mol. The summed E-state index contributed by atoms with van der Waals surface area (Å²) in [5, 5.41) is 13.4. The van der Waals surface area contributed by atoms with E-state index in [1.807, 2.05) is 90.4 Å². The van der Waals surface area contributed by atoms with E-state index in [1.54, 1.807) is 13.3 Å². The Balaban J connectivity index is 1.49.